The van der Waals surface area contributed by atoms with Gasteiger partial charge in [-0.15, -0.1) is 11.3 Å². The average Bonchev–Trinajstić information content (AvgIpc) is 2.74. The lowest BCUT2D eigenvalue weighted by Gasteiger charge is -2.51. The SMILES string of the molecule is CC(C)(C)c1ccc2c(c1)B1c3ccc(N4c5ccccc5C5(C)CCCCC45C)cc3N(c3cccc4c3sc3ccccc34)c3cc(N4c5ccccc5C5(C)CCCCC45C)cc(c31)N2c1cccc2c1oc1ccccc12. The van der Waals surface area contributed by atoms with E-state index in [9.17, 15) is 0 Å². The maximum Gasteiger partial charge on any atom is 0.252 e. The third kappa shape index (κ3) is 6.18. The van der Waals surface area contributed by atoms with Gasteiger partial charge in [-0.1, -0.05) is 176 Å². The molecule has 9 aromatic carbocycles. The van der Waals surface area contributed by atoms with Crippen LogP contribution in [0, 0.1) is 0 Å². The second kappa shape index (κ2) is 16.5. The van der Waals surface area contributed by atoms with Crippen LogP contribution in [0.3, 0.4) is 0 Å². The highest BCUT2D eigenvalue weighted by Gasteiger charge is 2.60. The predicted molar refractivity (Wildman–Crippen MR) is 345 cm³/mol. The molecular weight excluding hydrogens is 1000 g/mol. The van der Waals surface area contributed by atoms with Crippen LogP contribution < -0.4 is 36.0 Å². The second-order valence-electron chi connectivity index (χ2n) is 26.6. The molecule has 17 rings (SSSR count). The Labute approximate surface area is 480 Å². The van der Waals surface area contributed by atoms with Crippen molar-refractivity contribution in [3.63, 3.8) is 0 Å². The maximum atomic E-state index is 7.12. The first-order valence-corrected chi connectivity index (χ1v) is 30.8. The van der Waals surface area contributed by atoms with E-state index in [1.165, 1.54) is 137 Å². The first kappa shape index (κ1) is 48.0. The summed E-state index contributed by atoms with van der Waals surface area (Å²) in [5, 5.41) is 4.87. The van der Waals surface area contributed by atoms with Crippen molar-refractivity contribution in [3.8, 4) is 0 Å². The molecule has 0 N–H and O–H groups in total. The highest BCUT2D eigenvalue weighted by molar-refractivity contribution is 7.26. The lowest BCUT2D eigenvalue weighted by atomic mass is 9.33. The molecule has 6 heterocycles. The number of anilines is 10. The maximum absolute atomic E-state index is 7.12. The summed E-state index contributed by atoms with van der Waals surface area (Å²) in [6.45, 7) is 17.3. The molecule has 4 atom stereocenters. The number of rotatable bonds is 4. The molecule has 398 valence electrons. The highest BCUT2D eigenvalue weighted by atomic mass is 32.1. The lowest BCUT2D eigenvalue weighted by molar-refractivity contribution is 0.195. The summed E-state index contributed by atoms with van der Waals surface area (Å²) in [5.41, 5.74) is 22.0. The molecule has 6 aliphatic rings. The summed E-state index contributed by atoms with van der Waals surface area (Å²) in [6, 6.07) is 70.6. The fourth-order valence-corrected chi connectivity index (χ4v) is 18.5. The van der Waals surface area contributed by atoms with Gasteiger partial charge in [0.15, 0.2) is 5.58 Å². The van der Waals surface area contributed by atoms with E-state index in [1.807, 2.05) is 11.3 Å². The Kier molecular flexibility index (Phi) is 9.76. The van der Waals surface area contributed by atoms with Crippen LogP contribution >= 0.6 is 11.3 Å². The summed E-state index contributed by atoms with van der Waals surface area (Å²) in [4.78, 5) is 10.9. The van der Waals surface area contributed by atoms with E-state index in [1.54, 1.807) is 0 Å². The van der Waals surface area contributed by atoms with Crippen molar-refractivity contribution in [1.29, 1.82) is 0 Å². The molecule has 2 fully saturated rings. The number of nitrogens with zero attached hydrogens (tertiary/aromatic N) is 4. The molecule has 7 heteroatoms. The van der Waals surface area contributed by atoms with Crippen LogP contribution in [0.25, 0.3) is 42.1 Å². The third-order valence-corrected chi connectivity index (χ3v) is 22.9. The van der Waals surface area contributed by atoms with E-state index in [2.05, 4.69) is 250 Å². The Balaban J connectivity index is 1.02. The molecule has 0 radical (unpaired) electrons. The van der Waals surface area contributed by atoms with E-state index in [0.717, 1.165) is 46.9 Å². The normalized spacial score (nSPS) is 23.4. The Hall–Kier alpha value is -7.74. The quantitative estimate of drug-likeness (QED) is 0.164. The molecular formula is C74H67BN4OS. The fraction of sp³-hybridized carbons (Fsp3) is 0.270. The Morgan fingerprint density at radius 3 is 1.70 bits per heavy atom. The number of benzene rings is 9. The van der Waals surface area contributed by atoms with Gasteiger partial charge in [0.05, 0.1) is 27.2 Å². The minimum atomic E-state index is -0.172. The number of hydrogen-bond donors (Lipinski definition) is 0. The van der Waals surface area contributed by atoms with Crippen molar-refractivity contribution in [1.82, 2.24) is 0 Å². The van der Waals surface area contributed by atoms with Crippen LogP contribution in [-0.4, -0.2) is 17.8 Å². The first-order chi connectivity index (χ1) is 39.3. The van der Waals surface area contributed by atoms with Gasteiger partial charge in [0.2, 0.25) is 0 Å². The molecule has 2 saturated carbocycles. The van der Waals surface area contributed by atoms with Gasteiger partial charge >= 0.3 is 0 Å². The predicted octanol–water partition coefficient (Wildman–Crippen LogP) is 18.8. The van der Waals surface area contributed by atoms with E-state index in [4.69, 9.17) is 4.42 Å². The Morgan fingerprint density at radius 1 is 0.444 bits per heavy atom. The molecule has 4 unspecified atom stereocenters. The van der Waals surface area contributed by atoms with Gasteiger partial charge < -0.3 is 24.0 Å². The smallest absolute Gasteiger partial charge is 0.252 e. The number of fused-ring (bicyclic) bond motifs is 16. The Morgan fingerprint density at radius 2 is 1.00 bits per heavy atom. The van der Waals surface area contributed by atoms with E-state index in [-0.39, 0.29) is 34.0 Å². The van der Waals surface area contributed by atoms with Gasteiger partial charge in [-0.2, -0.15) is 0 Å². The van der Waals surface area contributed by atoms with Crippen LogP contribution in [0.2, 0.25) is 0 Å². The van der Waals surface area contributed by atoms with Crippen LogP contribution in [0.15, 0.2) is 186 Å². The Bertz CT molecular complexity index is 4510. The van der Waals surface area contributed by atoms with Crippen LogP contribution in [0.1, 0.15) is 117 Å². The van der Waals surface area contributed by atoms with Crippen molar-refractivity contribution < 1.29 is 4.42 Å². The summed E-state index contributed by atoms with van der Waals surface area (Å²) in [6.07, 6.45) is 9.52. The van der Waals surface area contributed by atoms with Gasteiger partial charge in [-0.3, -0.25) is 0 Å². The molecule has 0 spiro atoms. The average molecular weight is 1070 g/mol. The lowest BCUT2D eigenvalue weighted by Crippen LogP contribution is -2.62. The highest BCUT2D eigenvalue weighted by Crippen LogP contribution is 2.64. The van der Waals surface area contributed by atoms with Crippen molar-refractivity contribution in [2.75, 3.05) is 19.6 Å². The van der Waals surface area contributed by atoms with Crippen LogP contribution in [0.5, 0.6) is 0 Å². The summed E-state index contributed by atoms with van der Waals surface area (Å²) < 4.78 is 9.73. The molecule has 4 aliphatic heterocycles. The van der Waals surface area contributed by atoms with Gasteiger partial charge in [-0.05, 0) is 145 Å². The first-order valence-electron chi connectivity index (χ1n) is 30.0. The van der Waals surface area contributed by atoms with Crippen LogP contribution in [0.4, 0.5) is 56.9 Å². The number of para-hydroxylation sites is 4. The van der Waals surface area contributed by atoms with Crippen molar-refractivity contribution in [2.24, 2.45) is 0 Å². The summed E-state index contributed by atoms with van der Waals surface area (Å²) >= 11 is 1.93. The molecule has 5 nitrogen and oxygen atoms in total. The van der Waals surface area contributed by atoms with E-state index in [0.29, 0.717) is 0 Å². The van der Waals surface area contributed by atoms with Gasteiger partial charge in [-0.25, -0.2) is 0 Å². The second-order valence-corrected chi connectivity index (χ2v) is 27.7. The number of thiophene rings is 1. The van der Waals surface area contributed by atoms with Gasteiger partial charge in [0.1, 0.15) is 5.58 Å². The third-order valence-electron chi connectivity index (χ3n) is 21.7. The standard InChI is InChI=1S/C74H67BN4OS/c1-70(2,3)46-34-37-59-56(42-46)75-55-36-35-47(78-57-28-12-10-26-53(57)71(4)38-16-18-40-73(71,78)6)43-62(55)77(61-31-21-25-52-50-23-9-15-33-66(50)81-69(52)61)64-45-48(79-58-29-13-11-27-54(58)72(5)39-17-19-41-74(72,79)7)44-63(67(64)75)76(59)60-30-20-24-51-49-22-8-14-32-65(49)80-68(51)60/h8-15,20-37,42-45H,16-19,38-41H2,1-7H3. The van der Waals surface area contributed by atoms with Crippen LogP contribution in [-0.2, 0) is 16.2 Å². The zero-order chi connectivity index (χ0) is 54.5. The minimum absolute atomic E-state index is 0.0179. The number of furan rings is 1. The van der Waals surface area contributed by atoms with Crippen molar-refractivity contribution >= 4 is 133 Å². The minimum Gasteiger partial charge on any atom is -0.454 e. The fourth-order valence-electron chi connectivity index (χ4n) is 17.2. The molecule has 11 aromatic rings. The summed E-state index contributed by atoms with van der Waals surface area (Å²) in [5.74, 6) is 0. The zero-order valence-electron chi connectivity index (χ0n) is 47.7. The molecule has 2 aromatic heterocycles. The zero-order valence-corrected chi connectivity index (χ0v) is 48.5. The topological polar surface area (TPSA) is 26.1 Å². The summed E-state index contributed by atoms with van der Waals surface area (Å²) in [7, 11) is 0. The molecule has 0 saturated heterocycles. The molecule has 2 aliphatic carbocycles. The monoisotopic (exact) mass is 1070 g/mol. The van der Waals surface area contributed by atoms with Crippen molar-refractivity contribution in [3.05, 3.63) is 199 Å². The van der Waals surface area contributed by atoms with Gasteiger partial charge in [0.25, 0.3) is 6.71 Å². The van der Waals surface area contributed by atoms with E-state index < -0.39 is 0 Å². The molecule has 81 heavy (non-hydrogen) atoms. The van der Waals surface area contributed by atoms with Gasteiger partial charge in [0, 0.05) is 82.6 Å². The number of hydrogen-bond acceptors (Lipinski definition) is 6. The van der Waals surface area contributed by atoms with E-state index >= 15 is 0 Å². The van der Waals surface area contributed by atoms with Crippen molar-refractivity contribution in [2.45, 2.75) is 127 Å². The largest absolute Gasteiger partial charge is 0.454 e. The molecule has 0 amide bonds. The molecule has 0 bridgehead atoms.